The standard InChI is InChI=1S/C27H23ClF2N2O4S/c28-20-13-21(29)19(12-22(20)30)25(14-4-5-14)31-26(33)24-11-15-6-9-23(15)32(24)27(34)16-2-1-3-18(10-16)37(35,36)17-7-8-17/h1-3,10,12-15,17,23-25H,4-5,7-8,11H2,(H,31,33)/t15-,23-,24-,25-/m1/s1. The van der Waals surface area contributed by atoms with Gasteiger partial charge in [0, 0.05) is 11.1 Å². The summed E-state index contributed by atoms with van der Waals surface area (Å²) in [6.45, 7) is 0. The fraction of sp³-hybridized carbons (Fsp3) is 0.407. The molecule has 3 fully saturated rings. The van der Waals surface area contributed by atoms with Crippen LogP contribution < -0.4 is 5.32 Å². The Labute approximate surface area is 218 Å². The Morgan fingerprint density at radius 1 is 1.05 bits per heavy atom. The van der Waals surface area contributed by atoms with Gasteiger partial charge in [-0.05, 0) is 68.4 Å². The Hall–Kier alpha value is -2.96. The zero-order valence-electron chi connectivity index (χ0n) is 19.6. The summed E-state index contributed by atoms with van der Waals surface area (Å²) in [7, 11) is -3.50. The third-order valence-electron chi connectivity index (χ3n) is 7.59. The number of halogens is 3. The van der Waals surface area contributed by atoms with Crippen LogP contribution in [-0.4, -0.2) is 42.5 Å². The first-order valence-electron chi connectivity index (χ1n) is 12.3. The van der Waals surface area contributed by atoms with Crippen molar-refractivity contribution in [3.63, 3.8) is 0 Å². The number of hydrogen-bond acceptors (Lipinski definition) is 4. The lowest BCUT2D eigenvalue weighted by Crippen LogP contribution is -2.50. The highest BCUT2D eigenvalue weighted by Crippen LogP contribution is 2.43. The van der Waals surface area contributed by atoms with Crippen molar-refractivity contribution in [2.45, 2.75) is 60.4 Å². The van der Waals surface area contributed by atoms with Crippen molar-refractivity contribution < 1.29 is 26.8 Å². The number of carbonyl (C=O) groups excluding carboxylic acids is 2. The number of amides is 2. The van der Waals surface area contributed by atoms with Gasteiger partial charge in [-0.25, -0.2) is 17.2 Å². The van der Waals surface area contributed by atoms with E-state index in [4.69, 9.17) is 11.6 Å². The molecule has 0 aromatic heterocycles. The number of benzene rings is 2. The van der Waals surface area contributed by atoms with E-state index in [9.17, 15) is 26.8 Å². The van der Waals surface area contributed by atoms with Crippen LogP contribution in [-0.2, 0) is 14.6 Å². The predicted octanol–water partition coefficient (Wildman–Crippen LogP) is 4.04. The molecular weight excluding hydrogens is 522 g/mol. The Morgan fingerprint density at radius 2 is 1.81 bits per heavy atom. The first kappa shape index (κ1) is 24.4. The molecule has 1 saturated heterocycles. The van der Waals surface area contributed by atoms with Gasteiger partial charge in [-0.2, -0.15) is 0 Å². The predicted molar refractivity (Wildman–Crippen MR) is 131 cm³/mol. The largest absolute Gasteiger partial charge is 0.347 e. The SMILES string of the molecule is O=C(N[C@@H](c1cc(F)c(Cl)cc1F)C1CC1)[C@H]1C[C@H]2C#C[C@H]2N1C(=O)c1cccc(S(=O)(=O)C2CC2)c1. The molecule has 0 spiro atoms. The van der Waals surface area contributed by atoms with Gasteiger partial charge in [0.1, 0.15) is 23.7 Å². The highest BCUT2D eigenvalue weighted by Gasteiger charge is 2.50. The summed E-state index contributed by atoms with van der Waals surface area (Å²) in [4.78, 5) is 28.6. The number of nitrogens with zero attached hydrogens (tertiary/aromatic N) is 1. The molecule has 0 bridgehead atoms. The van der Waals surface area contributed by atoms with E-state index in [-0.39, 0.29) is 32.9 Å². The lowest BCUT2D eigenvalue weighted by atomic mass is 9.92. The monoisotopic (exact) mass is 544 g/mol. The van der Waals surface area contributed by atoms with Crippen molar-refractivity contribution in [3.05, 3.63) is 64.2 Å². The zero-order valence-corrected chi connectivity index (χ0v) is 21.2. The molecule has 6 nitrogen and oxygen atoms in total. The van der Waals surface area contributed by atoms with Gasteiger partial charge in [0.2, 0.25) is 5.91 Å². The van der Waals surface area contributed by atoms with Crippen LogP contribution in [0.4, 0.5) is 8.78 Å². The molecule has 2 saturated carbocycles. The Bertz CT molecular complexity index is 1490. The summed E-state index contributed by atoms with van der Waals surface area (Å²) >= 11 is 5.71. The van der Waals surface area contributed by atoms with Gasteiger partial charge in [-0.15, -0.1) is 0 Å². The second-order valence-electron chi connectivity index (χ2n) is 10.2. The summed E-state index contributed by atoms with van der Waals surface area (Å²) < 4.78 is 54.3. The number of nitrogens with one attached hydrogen (secondary N) is 1. The smallest absolute Gasteiger partial charge is 0.255 e. The summed E-state index contributed by atoms with van der Waals surface area (Å²) in [5.41, 5.74) is 0.185. The number of rotatable bonds is 7. The topological polar surface area (TPSA) is 83.6 Å². The Kier molecular flexibility index (Phi) is 5.81. The van der Waals surface area contributed by atoms with Crippen molar-refractivity contribution in [1.82, 2.24) is 10.2 Å². The molecule has 10 heteroatoms. The maximum absolute atomic E-state index is 14.7. The van der Waals surface area contributed by atoms with Crippen molar-refractivity contribution in [2.75, 3.05) is 0 Å². The molecule has 192 valence electrons. The number of sulfone groups is 1. The third kappa shape index (κ3) is 4.30. The highest BCUT2D eigenvalue weighted by atomic mass is 35.5. The van der Waals surface area contributed by atoms with Crippen molar-refractivity contribution in [3.8, 4) is 11.8 Å². The van der Waals surface area contributed by atoms with Crippen LogP contribution in [0.2, 0.25) is 5.02 Å². The van der Waals surface area contributed by atoms with E-state index >= 15 is 0 Å². The van der Waals surface area contributed by atoms with Gasteiger partial charge in [-0.3, -0.25) is 9.59 Å². The molecule has 1 aliphatic heterocycles. The Balaban J connectivity index is 1.27. The molecule has 37 heavy (non-hydrogen) atoms. The van der Waals surface area contributed by atoms with E-state index in [1.807, 2.05) is 0 Å². The average molecular weight is 545 g/mol. The molecule has 0 unspecified atom stereocenters. The summed E-state index contributed by atoms with van der Waals surface area (Å²) in [6, 6.07) is 5.69. The summed E-state index contributed by atoms with van der Waals surface area (Å²) in [5, 5.41) is 2.10. The molecule has 3 aliphatic carbocycles. The first-order valence-corrected chi connectivity index (χ1v) is 14.2. The van der Waals surface area contributed by atoms with E-state index in [0.717, 1.165) is 25.0 Å². The minimum absolute atomic E-state index is 0.0193. The number of hydrogen-bond donors (Lipinski definition) is 1. The van der Waals surface area contributed by atoms with Crippen LogP contribution in [0.1, 0.15) is 54.1 Å². The fourth-order valence-corrected chi connectivity index (χ4v) is 7.06. The first-order chi connectivity index (χ1) is 17.6. The molecule has 2 amide bonds. The number of carbonyl (C=O) groups is 2. The van der Waals surface area contributed by atoms with Crippen molar-refractivity contribution in [2.24, 2.45) is 11.8 Å². The normalized spacial score (nSPS) is 24.9. The van der Waals surface area contributed by atoms with Gasteiger partial charge < -0.3 is 10.2 Å². The molecule has 1 heterocycles. The second-order valence-corrected chi connectivity index (χ2v) is 12.8. The molecular formula is C27H23ClF2N2O4S. The maximum Gasteiger partial charge on any atom is 0.255 e. The van der Waals surface area contributed by atoms with Gasteiger partial charge in [-0.1, -0.05) is 29.5 Å². The average Bonchev–Trinajstić information content (AvgIpc) is 3.76. The minimum atomic E-state index is -3.50. The van der Waals surface area contributed by atoms with E-state index in [1.54, 1.807) is 0 Å². The van der Waals surface area contributed by atoms with E-state index < -0.39 is 56.7 Å². The van der Waals surface area contributed by atoms with E-state index in [2.05, 4.69) is 17.2 Å². The number of likely N-dealkylation sites (tertiary alicyclic amines) is 1. The van der Waals surface area contributed by atoms with Gasteiger partial charge in [0.25, 0.3) is 5.91 Å². The lowest BCUT2D eigenvalue weighted by molar-refractivity contribution is -0.126. The van der Waals surface area contributed by atoms with Gasteiger partial charge >= 0.3 is 0 Å². The third-order valence-corrected chi connectivity index (χ3v) is 10.1. The molecule has 2 aromatic carbocycles. The van der Waals surface area contributed by atoms with Crippen molar-refractivity contribution >= 4 is 33.3 Å². The lowest BCUT2D eigenvalue weighted by Gasteiger charge is -2.31. The highest BCUT2D eigenvalue weighted by molar-refractivity contribution is 7.92. The molecule has 1 N–H and O–H groups in total. The molecule has 4 aliphatic rings. The molecule has 0 radical (unpaired) electrons. The van der Waals surface area contributed by atoms with Crippen LogP contribution in [0.5, 0.6) is 0 Å². The van der Waals surface area contributed by atoms with E-state index in [1.165, 1.54) is 29.2 Å². The van der Waals surface area contributed by atoms with Crippen molar-refractivity contribution in [1.29, 1.82) is 0 Å². The minimum Gasteiger partial charge on any atom is -0.347 e. The van der Waals surface area contributed by atoms with Crippen LogP contribution in [0, 0.1) is 35.3 Å². The van der Waals surface area contributed by atoms with Crippen LogP contribution in [0.25, 0.3) is 0 Å². The summed E-state index contributed by atoms with van der Waals surface area (Å²) in [5.74, 6) is 3.24. The fourth-order valence-electron chi connectivity index (χ4n) is 5.21. The zero-order chi connectivity index (χ0) is 26.1. The van der Waals surface area contributed by atoms with Crippen LogP contribution >= 0.6 is 11.6 Å². The molecule has 2 aromatic rings. The number of fused-ring (bicyclic) bond motifs is 1. The Morgan fingerprint density at radius 3 is 2.46 bits per heavy atom. The van der Waals surface area contributed by atoms with Crippen LogP contribution in [0.3, 0.4) is 0 Å². The van der Waals surface area contributed by atoms with E-state index in [0.29, 0.717) is 19.3 Å². The van der Waals surface area contributed by atoms with Gasteiger partial charge in [0.05, 0.1) is 27.1 Å². The quantitative estimate of drug-likeness (QED) is 0.421. The maximum atomic E-state index is 14.7. The van der Waals surface area contributed by atoms with Crippen LogP contribution in [0.15, 0.2) is 41.3 Å². The molecule has 4 atom stereocenters. The summed E-state index contributed by atoms with van der Waals surface area (Å²) in [6.07, 6.45) is 3.02. The second kappa shape index (κ2) is 8.81. The molecule has 6 rings (SSSR count). The van der Waals surface area contributed by atoms with Gasteiger partial charge in [0.15, 0.2) is 9.84 Å².